The summed E-state index contributed by atoms with van der Waals surface area (Å²) in [5, 5.41) is 16.7. The number of aliphatic hydroxyl groups excluding tert-OH is 1. The van der Waals surface area contributed by atoms with Gasteiger partial charge in [-0.2, -0.15) is 4.72 Å². The lowest BCUT2D eigenvalue weighted by atomic mass is 10.0. The largest absolute Gasteiger partial charge is 0.387 e. The van der Waals surface area contributed by atoms with Gasteiger partial charge in [-0.25, -0.2) is 17.2 Å². The third-order valence-electron chi connectivity index (χ3n) is 6.28. The van der Waals surface area contributed by atoms with Crippen LogP contribution in [0.4, 0.5) is 14.5 Å². The van der Waals surface area contributed by atoms with Crippen molar-refractivity contribution >= 4 is 21.6 Å². The highest BCUT2D eigenvalue weighted by atomic mass is 32.2. The molecule has 4 rings (SSSR count). The van der Waals surface area contributed by atoms with Gasteiger partial charge >= 0.3 is 0 Å². The number of nitrogens with zero attached hydrogens (tertiary/aromatic N) is 1. The van der Waals surface area contributed by atoms with E-state index >= 15 is 0 Å². The summed E-state index contributed by atoms with van der Waals surface area (Å²) in [4.78, 5) is 16.2. The first kappa shape index (κ1) is 26.8. The summed E-state index contributed by atoms with van der Waals surface area (Å²) >= 11 is 0. The number of carbonyl (C=O) groups is 1. The maximum Gasteiger partial charge on any atom is 0.242 e. The summed E-state index contributed by atoms with van der Waals surface area (Å²) in [5.74, 6) is -1.59. The smallest absolute Gasteiger partial charge is 0.242 e. The third kappa shape index (κ3) is 6.95. The lowest BCUT2D eigenvalue weighted by molar-refractivity contribution is -0.117. The summed E-state index contributed by atoms with van der Waals surface area (Å²) in [6.07, 6.45) is 3.99. The molecule has 0 aliphatic carbocycles. The SMILES string of the molecule is C[C@H](NS(=O)(=O)c1ccc(F)cc1)C(=O)Nc1ccc(C[C@@H]2CC[C@H]([C@H](O)c3cncc(F)c3)N2)cc1. The van der Waals surface area contributed by atoms with Crippen LogP contribution in [0, 0.1) is 11.6 Å². The lowest BCUT2D eigenvalue weighted by Gasteiger charge is -2.20. The predicted octanol–water partition coefficient (Wildman–Crippen LogP) is 3.06. The number of aliphatic hydroxyl groups is 1. The van der Waals surface area contributed by atoms with E-state index in [9.17, 15) is 27.1 Å². The molecule has 3 aromatic rings. The molecule has 2 heterocycles. The van der Waals surface area contributed by atoms with E-state index in [0.29, 0.717) is 17.7 Å². The molecule has 1 saturated heterocycles. The van der Waals surface area contributed by atoms with Gasteiger partial charge in [-0.05, 0) is 74.2 Å². The Morgan fingerprint density at radius 3 is 2.46 bits per heavy atom. The second-order valence-electron chi connectivity index (χ2n) is 9.12. The number of amides is 1. The zero-order valence-electron chi connectivity index (χ0n) is 20.1. The van der Waals surface area contributed by atoms with Gasteiger partial charge in [0.1, 0.15) is 11.6 Å². The molecule has 4 N–H and O–H groups in total. The number of anilines is 1. The van der Waals surface area contributed by atoms with Crippen molar-refractivity contribution < 1.29 is 27.1 Å². The molecule has 0 saturated carbocycles. The number of sulfonamides is 1. The predicted molar refractivity (Wildman–Crippen MR) is 134 cm³/mol. The van der Waals surface area contributed by atoms with E-state index in [1.807, 2.05) is 12.1 Å². The minimum atomic E-state index is -3.99. The molecule has 0 spiro atoms. The van der Waals surface area contributed by atoms with Gasteiger partial charge in [0.25, 0.3) is 0 Å². The van der Waals surface area contributed by atoms with E-state index in [1.54, 1.807) is 12.1 Å². The Labute approximate surface area is 214 Å². The van der Waals surface area contributed by atoms with Crippen molar-refractivity contribution in [3.63, 3.8) is 0 Å². The van der Waals surface area contributed by atoms with E-state index in [0.717, 1.165) is 48.9 Å². The van der Waals surface area contributed by atoms with Crippen LogP contribution in [-0.2, 0) is 21.2 Å². The van der Waals surface area contributed by atoms with Gasteiger partial charge in [0.15, 0.2) is 0 Å². The lowest BCUT2D eigenvalue weighted by Crippen LogP contribution is -2.41. The number of rotatable bonds is 9. The summed E-state index contributed by atoms with van der Waals surface area (Å²) in [6.45, 7) is 1.42. The zero-order valence-corrected chi connectivity index (χ0v) is 20.9. The molecule has 1 amide bonds. The van der Waals surface area contributed by atoms with Crippen LogP contribution in [0.15, 0.2) is 71.9 Å². The molecule has 1 aliphatic rings. The van der Waals surface area contributed by atoms with Crippen LogP contribution in [0.25, 0.3) is 0 Å². The summed E-state index contributed by atoms with van der Waals surface area (Å²) in [5.41, 5.74) is 1.96. The van der Waals surface area contributed by atoms with Crippen LogP contribution in [0.3, 0.4) is 0 Å². The van der Waals surface area contributed by atoms with Gasteiger partial charge in [0.2, 0.25) is 15.9 Å². The van der Waals surface area contributed by atoms with E-state index in [1.165, 1.54) is 19.2 Å². The van der Waals surface area contributed by atoms with Crippen molar-refractivity contribution in [1.82, 2.24) is 15.0 Å². The molecule has 1 fully saturated rings. The zero-order chi connectivity index (χ0) is 26.6. The minimum Gasteiger partial charge on any atom is -0.387 e. The molecular formula is C26H28F2N4O4S. The van der Waals surface area contributed by atoms with Crippen molar-refractivity contribution in [3.8, 4) is 0 Å². The first-order valence-corrected chi connectivity index (χ1v) is 13.3. The molecule has 37 heavy (non-hydrogen) atoms. The average Bonchev–Trinajstić information content (AvgIpc) is 3.33. The topological polar surface area (TPSA) is 120 Å². The molecule has 0 radical (unpaired) electrons. The van der Waals surface area contributed by atoms with Crippen molar-refractivity contribution in [3.05, 3.63) is 89.8 Å². The summed E-state index contributed by atoms with van der Waals surface area (Å²) < 4.78 is 53.6. The second-order valence-corrected chi connectivity index (χ2v) is 10.8. The number of nitrogens with one attached hydrogen (secondary N) is 3. The van der Waals surface area contributed by atoms with E-state index in [-0.39, 0.29) is 17.0 Å². The third-order valence-corrected chi connectivity index (χ3v) is 7.83. The van der Waals surface area contributed by atoms with E-state index in [4.69, 9.17) is 0 Å². The Balaban J connectivity index is 1.28. The number of carbonyl (C=O) groups excluding carboxylic acids is 1. The Hall–Kier alpha value is -3.25. The Bertz CT molecular complexity index is 1340. The molecule has 1 aliphatic heterocycles. The summed E-state index contributed by atoms with van der Waals surface area (Å²) in [7, 11) is -3.99. The van der Waals surface area contributed by atoms with Gasteiger partial charge < -0.3 is 15.7 Å². The highest BCUT2D eigenvalue weighted by Crippen LogP contribution is 2.27. The Kier molecular flexibility index (Phi) is 8.28. The molecule has 2 aromatic carbocycles. The van der Waals surface area contributed by atoms with Gasteiger partial charge in [-0.3, -0.25) is 9.78 Å². The highest BCUT2D eigenvalue weighted by molar-refractivity contribution is 7.89. The molecule has 0 unspecified atom stereocenters. The normalized spacial score (nSPS) is 19.4. The fourth-order valence-electron chi connectivity index (χ4n) is 4.31. The number of aromatic nitrogens is 1. The number of hydrogen-bond acceptors (Lipinski definition) is 6. The van der Waals surface area contributed by atoms with E-state index < -0.39 is 39.7 Å². The van der Waals surface area contributed by atoms with Crippen LogP contribution in [0.2, 0.25) is 0 Å². The fourth-order valence-corrected chi connectivity index (χ4v) is 5.51. The quantitative estimate of drug-likeness (QED) is 0.338. The minimum absolute atomic E-state index is 0.127. The standard InChI is InChI=1S/C26H28F2N4O4S/c1-16(32-37(35,36)23-9-4-19(27)5-10-23)26(34)31-21-6-2-17(3-7-21)12-22-8-11-24(30-22)25(33)18-13-20(28)15-29-14-18/h2-7,9-10,13-16,22,24-25,30,32-33H,8,11-12H2,1H3,(H,31,34)/t16-,22-,24+,25+/m0/s1. The number of benzene rings is 2. The van der Waals surface area contributed by atoms with Crippen LogP contribution < -0.4 is 15.4 Å². The Morgan fingerprint density at radius 2 is 1.78 bits per heavy atom. The monoisotopic (exact) mass is 530 g/mol. The number of halogens is 2. The molecule has 11 heteroatoms. The van der Waals surface area contributed by atoms with Crippen LogP contribution in [-0.4, -0.2) is 42.5 Å². The Morgan fingerprint density at radius 1 is 1.08 bits per heavy atom. The van der Waals surface area contributed by atoms with Crippen molar-refractivity contribution in [2.45, 2.75) is 55.3 Å². The molecular weight excluding hydrogens is 502 g/mol. The first-order valence-electron chi connectivity index (χ1n) is 11.8. The van der Waals surface area contributed by atoms with Crippen molar-refractivity contribution in [2.75, 3.05) is 5.32 Å². The average molecular weight is 531 g/mol. The number of pyridine rings is 1. The second kappa shape index (κ2) is 11.4. The van der Waals surface area contributed by atoms with Gasteiger partial charge in [-0.1, -0.05) is 12.1 Å². The van der Waals surface area contributed by atoms with Crippen LogP contribution in [0.5, 0.6) is 0 Å². The molecule has 4 atom stereocenters. The maximum atomic E-state index is 13.4. The van der Waals surface area contributed by atoms with E-state index in [2.05, 4.69) is 20.3 Å². The number of hydrogen-bond donors (Lipinski definition) is 4. The molecule has 1 aromatic heterocycles. The fraction of sp³-hybridized carbons (Fsp3) is 0.308. The van der Waals surface area contributed by atoms with Gasteiger partial charge in [0.05, 0.1) is 23.2 Å². The van der Waals surface area contributed by atoms with Gasteiger partial charge in [-0.15, -0.1) is 0 Å². The maximum absolute atomic E-state index is 13.4. The molecule has 196 valence electrons. The van der Waals surface area contributed by atoms with Crippen LogP contribution in [0.1, 0.15) is 37.0 Å². The van der Waals surface area contributed by atoms with Gasteiger partial charge in [0, 0.05) is 29.5 Å². The molecule has 0 bridgehead atoms. The highest BCUT2D eigenvalue weighted by Gasteiger charge is 2.30. The summed E-state index contributed by atoms with van der Waals surface area (Å²) in [6, 6.07) is 11.7. The first-order chi connectivity index (χ1) is 17.6. The van der Waals surface area contributed by atoms with Crippen molar-refractivity contribution in [1.29, 1.82) is 0 Å². The van der Waals surface area contributed by atoms with Crippen molar-refractivity contribution in [2.24, 2.45) is 0 Å². The molecule has 8 nitrogen and oxygen atoms in total. The van der Waals surface area contributed by atoms with Crippen LogP contribution >= 0.6 is 0 Å².